The summed E-state index contributed by atoms with van der Waals surface area (Å²) < 4.78 is 5.17. The van der Waals surface area contributed by atoms with Crippen LogP contribution in [0.15, 0.2) is 71.7 Å². The van der Waals surface area contributed by atoms with E-state index in [1.807, 2.05) is 30.3 Å². The number of nitrogens with zero attached hydrogens (tertiary/aromatic N) is 2. The largest absolute Gasteiger partial charge is 0.472 e. The maximum Gasteiger partial charge on any atom is 0.277 e. The molecule has 0 saturated carbocycles. The van der Waals surface area contributed by atoms with Crippen molar-refractivity contribution in [1.82, 2.24) is 9.91 Å². The number of furan rings is 1. The van der Waals surface area contributed by atoms with Gasteiger partial charge in [-0.25, -0.2) is 10.9 Å². The third-order valence-corrected chi connectivity index (χ3v) is 6.25. The molecule has 2 aliphatic rings. The molecule has 168 valence electrons. The number of hydrogen-bond donors (Lipinski definition) is 2. The zero-order valence-corrected chi connectivity index (χ0v) is 18.3. The summed E-state index contributed by atoms with van der Waals surface area (Å²) >= 11 is 0. The number of likely N-dealkylation sites (tertiary alicyclic amines) is 1. The average Bonchev–Trinajstić information content (AvgIpc) is 3.39. The molecule has 3 N–H and O–H groups in total. The SMILES string of the molecule is NN1C(=O)/C(=C\Nc2ccc(CN3CCCCC3)cc2)c2cc(-c3ccoc3)ccc2C1=O. The highest BCUT2D eigenvalue weighted by Crippen LogP contribution is 2.32. The second-order valence-electron chi connectivity index (χ2n) is 8.49. The molecule has 1 aromatic heterocycles. The van der Waals surface area contributed by atoms with Crippen molar-refractivity contribution in [2.45, 2.75) is 25.8 Å². The number of imide groups is 1. The van der Waals surface area contributed by atoms with E-state index in [0.717, 1.165) is 36.4 Å². The lowest BCUT2D eigenvalue weighted by Crippen LogP contribution is -2.46. The molecule has 0 bridgehead atoms. The molecule has 2 aliphatic heterocycles. The third-order valence-electron chi connectivity index (χ3n) is 6.25. The Morgan fingerprint density at radius 3 is 2.42 bits per heavy atom. The molecule has 2 aromatic carbocycles. The first-order valence-corrected chi connectivity index (χ1v) is 11.2. The van der Waals surface area contributed by atoms with Gasteiger partial charge in [-0.3, -0.25) is 14.5 Å². The fourth-order valence-electron chi connectivity index (χ4n) is 4.41. The molecule has 3 heterocycles. The van der Waals surface area contributed by atoms with Gasteiger partial charge in [0.15, 0.2) is 0 Å². The van der Waals surface area contributed by atoms with Crippen LogP contribution in [0.3, 0.4) is 0 Å². The summed E-state index contributed by atoms with van der Waals surface area (Å²) in [5.74, 6) is 4.71. The fourth-order valence-corrected chi connectivity index (χ4v) is 4.41. The predicted octanol–water partition coefficient (Wildman–Crippen LogP) is 4.24. The number of rotatable bonds is 5. The van der Waals surface area contributed by atoms with Crippen molar-refractivity contribution in [3.63, 3.8) is 0 Å². The number of piperidine rings is 1. The van der Waals surface area contributed by atoms with Crippen LogP contribution in [-0.4, -0.2) is 34.8 Å². The van der Waals surface area contributed by atoms with Crippen LogP contribution in [0.25, 0.3) is 16.7 Å². The smallest absolute Gasteiger partial charge is 0.277 e. The van der Waals surface area contributed by atoms with Crippen molar-refractivity contribution in [1.29, 1.82) is 0 Å². The van der Waals surface area contributed by atoms with Crippen LogP contribution < -0.4 is 11.2 Å². The summed E-state index contributed by atoms with van der Waals surface area (Å²) in [6, 6.07) is 15.3. The molecule has 33 heavy (non-hydrogen) atoms. The van der Waals surface area contributed by atoms with E-state index in [1.54, 1.807) is 24.8 Å². The molecule has 7 heteroatoms. The second kappa shape index (κ2) is 9.05. The van der Waals surface area contributed by atoms with Crippen molar-refractivity contribution in [3.8, 4) is 11.1 Å². The van der Waals surface area contributed by atoms with E-state index in [0.29, 0.717) is 21.7 Å². The molecule has 0 spiro atoms. The van der Waals surface area contributed by atoms with E-state index in [-0.39, 0.29) is 0 Å². The van der Waals surface area contributed by atoms with Gasteiger partial charge in [-0.2, -0.15) is 0 Å². The van der Waals surface area contributed by atoms with E-state index < -0.39 is 11.8 Å². The average molecular weight is 443 g/mol. The minimum Gasteiger partial charge on any atom is -0.472 e. The number of hydrazine groups is 1. The quantitative estimate of drug-likeness (QED) is 0.266. The van der Waals surface area contributed by atoms with Gasteiger partial charge in [0.1, 0.15) is 0 Å². The Morgan fingerprint density at radius 2 is 1.70 bits per heavy atom. The molecule has 2 amide bonds. The van der Waals surface area contributed by atoms with E-state index in [1.165, 1.54) is 24.8 Å². The van der Waals surface area contributed by atoms with Gasteiger partial charge in [-0.1, -0.05) is 24.6 Å². The maximum absolute atomic E-state index is 12.8. The summed E-state index contributed by atoms with van der Waals surface area (Å²) in [4.78, 5) is 27.9. The third kappa shape index (κ3) is 4.33. The molecular weight excluding hydrogens is 416 g/mol. The standard InChI is InChI=1S/C26H26N4O3/c27-30-25(31)22-9-6-19(20-10-13-33-17-20)14-23(22)24(26(30)32)15-28-21-7-4-18(5-8-21)16-29-11-2-1-3-12-29/h4-10,13-15,17,28H,1-3,11-12,16,27H2/b24-15-. The number of fused-ring (bicyclic) bond motifs is 1. The number of nitrogens with two attached hydrogens (primary N) is 1. The molecule has 1 fully saturated rings. The molecule has 0 radical (unpaired) electrons. The Labute approximate surface area is 192 Å². The van der Waals surface area contributed by atoms with Crippen LogP contribution in [0.1, 0.15) is 40.7 Å². The van der Waals surface area contributed by atoms with Crippen LogP contribution in [0, 0.1) is 0 Å². The van der Waals surface area contributed by atoms with Crippen LogP contribution in [0.5, 0.6) is 0 Å². The van der Waals surface area contributed by atoms with Crippen LogP contribution >= 0.6 is 0 Å². The van der Waals surface area contributed by atoms with E-state index in [2.05, 4.69) is 22.3 Å². The van der Waals surface area contributed by atoms with Gasteiger partial charge in [0.2, 0.25) is 0 Å². The molecule has 7 nitrogen and oxygen atoms in total. The van der Waals surface area contributed by atoms with E-state index >= 15 is 0 Å². The predicted molar refractivity (Wildman–Crippen MR) is 127 cm³/mol. The number of amides is 2. The van der Waals surface area contributed by atoms with Gasteiger partial charge < -0.3 is 9.73 Å². The number of carbonyl (C=O) groups is 2. The Bertz CT molecular complexity index is 1190. The van der Waals surface area contributed by atoms with Crippen LogP contribution in [0.4, 0.5) is 5.69 Å². The first-order valence-electron chi connectivity index (χ1n) is 11.2. The lowest BCUT2D eigenvalue weighted by molar-refractivity contribution is -0.123. The second-order valence-corrected chi connectivity index (χ2v) is 8.49. The highest BCUT2D eigenvalue weighted by molar-refractivity contribution is 6.30. The highest BCUT2D eigenvalue weighted by atomic mass is 16.3. The number of anilines is 1. The summed E-state index contributed by atoms with van der Waals surface area (Å²) in [5, 5.41) is 3.86. The molecule has 0 atom stereocenters. The highest BCUT2D eigenvalue weighted by Gasteiger charge is 2.33. The van der Waals surface area contributed by atoms with Gasteiger partial charge in [-0.05, 0) is 67.4 Å². The molecule has 1 saturated heterocycles. The number of nitrogens with one attached hydrogen (secondary N) is 1. The minimum absolute atomic E-state index is 0.329. The molecule has 3 aromatic rings. The Kier molecular flexibility index (Phi) is 5.81. The van der Waals surface area contributed by atoms with Gasteiger partial charge in [-0.15, -0.1) is 0 Å². The van der Waals surface area contributed by atoms with Gasteiger partial charge in [0.05, 0.1) is 18.1 Å². The zero-order valence-electron chi connectivity index (χ0n) is 18.3. The topological polar surface area (TPSA) is 91.8 Å². The Hall–Kier alpha value is -3.68. The van der Waals surface area contributed by atoms with Crippen molar-refractivity contribution < 1.29 is 14.0 Å². The van der Waals surface area contributed by atoms with Gasteiger partial charge in [0.25, 0.3) is 11.8 Å². The Balaban J connectivity index is 1.39. The fraction of sp³-hybridized carbons (Fsp3) is 0.231. The lowest BCUT2D eigenvalue weighted by Gasteiger charge is -2.26. The summed E-state index contributed by atoms with van der Waals surface area (Å²) in [6.45, 7) is 3.26. The number of benzene rings is 2. The Morgan fingerprint density at radius 1 is 0.909 bits per heavy atom. The molecular formula is C26H26N4O3. The molecule has 5 rings (SSSR count). The first kappa shape index (κ1) is 21.2. The van der Waals surface area contributed by atoms with Crippen molar-refractivity contribution in [3.05, 3.63) is 83.9 Å². The van der Waals surface area contributed by atoms with E-state index in [9.17, 15) is 9.59 Å². The van der Waals surface area contributed by atoms with Gasteiger partial charge in [0, 0.05) is 35.1 Å². The number of hydrogen-bond acceptors (Lipinski definition) is 6. The monoisotopic (exact) mass is 442 g/mol. The van der Waals surface area contributed by atoms with E-state index in [4.69, 9.17) is 10.3 Å². The van der Waals surface area contributed by atoms with Crippen molar-refractivity contribution in [2.75, 3.05) is 18.4 Å². The summed E-state index contributed by atoms with van der Waals surface area (Å²) in [5.41, 5.74) is 5.08. The normalized spacial score (nSPS) is 18.0. The molecule has 0 unspecified atom stereocenters. The zero-order chi connectivity index (χ0) is 22.8. The van der Waals surface area contributed by atoms with Gasteiger partial charge >= 0.3 is 0 Å². The number of carbonyl (C=O) groups excluding carboxylic acids is 2. The van der Waals surface area contributed by atoms with Crippen LogP contribution in [0.2, 0.25) is 0 Å². The maximum atomic E-state index is 12.8. The summed E-state index contributed by atoms with van der Waals surface area (Å²) in [6.07, 6.45) is 8.69. The summed E-state index contributed by atoms with van der Waals surface area (Å²) in [7, 11) is 0. The molecule has 0 aliphatic carbocycles. The van der Waals surface area contributed by atoms with Crippen molar-refractivity contribution in [2.24, 2.45) is 5.84 Å². The minimum atomic E-state index is -0.550. The lowest BCUT2D eigenvalue weighted by atomic mass is 9.92. The van der Waals surface area contributed by atoms with Crippen molar-refractivity contribution >= 4 is 23.1 Å². The first-order chi connectivity index (χ1) is 16.1. The van der Waals surface area contributed by atoms with Crippen LogP contribution in [-0.2, 0) is 11.3 Å².